The third-order valence-electron chi connectivity index (χ3n) is 4.28. The van der Waals surface area contributed by atoms with Crippen molar-refractivity contribution >= 4 is 41.4 Å². The van der Waals surface area contributed by atoms with Crippen molar-refractivity contribution in [2.45, 2.75) is 6.92 Å². The van der Waals surface area contributed by atoms with E-state index in [1.54, 1.807) is 55.5 Å². The van der Waals surface area contributed by atoms with Gasteiger partial charge in [-0.15, -0.1) is 0 Å². The maximum absolute atomic E-state index is 12.5. The van der Waals surface area contributed by atoms with Gasteiger partial charge in [0.25, 0.3) is 5.91 Å². The SMILES string of the molecule is CCOC(=O)c1c(-c2ccc(Cl)cc2)noc1NC(=O)/C=C/c1ccc(C(=O)OC)cc1. The van der Waals surface area contributed by atoms with Crippen molar-refractivity contribution in [2.24, 2.45) is 0 Å². The lowest BCUT2D eigenvalue weighted by atomic mass is 10.1. The number of hydrogen-bond donors (Lipinski definition) is 1. The Hall–Kier alpha value is -3.91. The topological polar surface area (TPSA) is 108 Å². The standard InChI is InChI=1S/C23H19ClN2O6/c1-3-31-23(29)19-20(15-9-11-17(24)12-10-15)26-32-21(19)25-18(27)13-6-14-4-7-16(8-5-14)22(28)30-2/h4-13H,3H2,1-2H3,(H,25,27)/b13-6+. The van der Waals surface area contributed by atoms with E-state index in [-0.39, 0.29) is 23.7 Å². The summed E-state index contributed by atoms with van der Waals surface area (Å²) < 4.78 is 15.0. The summed E-state index contributed by atoms with van der Waals surface area (Å²) >= 11 is 5.92. The molecule has 0 radical (unpaired) electrons. The molecule has 3 aromatic rings. The molecule has 0 atom stereocenters. The summed E-state index contributed by atoms with van der Waals surface area (Å²) in [6, 6.07) is 13.1. The molecule has 32 heavy (non-hydrogen) atoms. The molecule has 1 aromatic heterocycles. The molecule has 0 aliphatic heterocycles. The number of carbonyl (C=O) groups excluding carboxylic acids is 3. The maximum atomic E-state index is 12.5. The number of nitrogens with zero attached hydrogens (tertiary/aromatic N) is 1. The van der Waals surface area contributed by atoms with Crippen molar-refractivity contribution in [3.63, 3.8) is 0 Å². The Balaban J connectivity index is 1.80. The highest BCUT2D eigenvalue weighted by Gasteiger charge is 2.26. The second-order valence-electron chi connectivity index (χ2n) is 6.40. The van der Waals surface area contributed by atoms with Crippen LogP contribution in [0.5, 0.6) is 0 Å². The van der Waals surface area contributed by atoms with Gasteiger partial charge in [0.1, 0.15) is 5.69 Å². The zero-order chi connectivity index (χ0) is 23.1. The number of benzene rings is 2. The first-order chi connectivity index (χ1) is 15.4. The van der Waals surface area contributed by atoms with Crippen LogP contribution in [-0.2, 0) is 14.3 Å². The molecule has 3 rings (SSSR count). The molecular formula is C23H19ClN2O6. The maximum Gasteiger partial charge on any atom is 0.346 e. The van der Waals surface area contributed by atoms with Crippen LogP contribution in [-0.4, -0.2) is 36.7 Å². The molecule has 0 fully saturated rings. The summed E-state index contributed by atoms with van der Waals surface area (Å²) in [4.78, 5) is 36.4. The van der Waals surface area contributed by atoms with Gasteiger partial charge < -0.3 is 14.0 Å². The summed E-state index contributed by atoms with van der Waals surface area (Å²) in [7, 11) is 1.30. The number of ether oxygens (including phenoxy) is 2. The van der Waals surface area contributed by atoms with Crippen LogP contribution in [0.15, 0.2) is 59.1 Å². The molecule has 0 aliphatic carbocycles. The molecule has 0 saturated carbocycles. The van der Waals surface area contributed by atoms with Crippen LogP contribution in [0.25, 0.3) is 17.3 Å². The highest BCUT2D eigenvalue weighted by Crippen LogP contribution is 2.30. The Morgan fingerprint density at radius 1 is 1.06 bits per heavy atom. The average Bonchev–Trinajstić information content (AvgIpc) is 3.21. The van der Waals surface area contributed by atoms with Crippen molar-refractivity contribution in [1.82, 2.24) is 5.16 Å². The van der Waals surface area contributed by atoms with Crippen molar-refractivity contribution in [3.05, 3.63) is 76.3 Å². The number of methoxy groups -OCH3 is 1. The van der Waals surface area contributed by atoms with Crippen molar-refractivity contribution in [3.8, 4) is 11.3 Å². The molecule has 8 nitrogen and oxygen atoms in total. The first-order valence-corrected chi connectivity index (χ1v) is 9.91. The minimum Gasteiger partial charge on any atom is -0.465 e. The van der Waals surface area contributed by atoms with Crippen molar-refractivity contribution < 1.29 is 28.4 Å². The third kappa shape index (κ3) is 5.41. The second-order valence-corrected chi connectivity index (χ2v) is 6.84. The molecule has 1 amide bonds. The molecule has 9 heteroatoms. The Labute approximate surface area is 188 Å². The molecule has 0 saturated heterocycles. The lowest BCUT2D eigenvalue weighted by Gasteiger charge is -2.04. The van der Waals surface area contributed by atoms with Gasteiger partial charge in [0.05, 0.1) is 19.3 Å². The summed E-state index contributed by atoms with van der Waals surface area (Å²) in [5.74, 6) is -1.82. The van der Waals surface area contributed by atoms with Crippen LogP contribution in [0.2, 0.25) is 5.02 Å². The van der Waals surface area contributed by atoms with Gasteiger partial charge in [-0.3, -0.25) is 10.1 Å². The molecule has 1 N–H and O–H groups in total. The Bertz CT molecular complexity index is 1150. The summed E-state index contributed by atoms with van der Waals surface area (Å²) in [5, 5.41) is 6.95. The fraction of sp³-hybridized carbons (Fsp3) is 0.130. The Morgan fingerprint density at radius 3 is 2.38 bits per heavy atom. The number of halogens is 1. The lowest BCUT2D eigenvalue weighted by Crippen LogP contribution is -2.13. The van der Waals surface area contributed by atoms with Crippen LogP contribution >= 0.6 is 11.6 Å². The number of carbonyl (C=O) groups is 3. The highest BCUT2D eigenvalue weighted by atomic mass is 35.5. The van der Waals surface area contributed by atoms with Crippen LogP contribution in [0.1, 0.15) is 33.2 Å². The van der Waals surface area contributed by atoms with E-state index in [1.165, 1.54) is 19.3 Å². The quantitative estimate of drug-likeness (QED) is 0.410. The van der Waals surface area contributed by atoms with E-state index in [4.69, 9.17) is 20.9 Å². The van der Waals surface area contributed by atoms with Gasteiger partial charge >= 0.3 is 11.9 Å². The van der Waals surface area contributed by atoms with E-state index in [2.05, 4.69) is 15.2 Å². The van der Waals surface area contributed by atoms with Gasteiger partial charge in [-0.1, -0.05) is 41.0 Å². The van der Waals surface area contributed by atoms with Crippen LogP contribution < -0.4 is 5.32 Å². The number of hydrogen-bond acceptors (Lipinski definition) is 7. The van der Waals surface area contributed by atoms with Gasteiger partial charge in [-0.25, -0.2) is 9.59 Å². The number of rotatable bonds is 7. The number of amides is 1. The van der Waals surface area contributed by atoms with Crippen LogP contribution in [0.3, 0.4) is 0 Å². The highest BCUT2D eigenvalue weighted by molar-refractivity contribution is 6.30. The Kier molecular flexibility index (Phi) is 7.41. The minimum atomic E-state index is -0.684. The molecule has 0 bridgehead atoms. The molecule has 1 heterocycles. The zero-order valence-corrected chi connectivity index (χ0v) is 18.0. The van der Waals surface area contributed by atoms with E-state index in [0.717, 1.165) is 0 Å². The summed E-state index contributed by atoms with van der Waals surface area (Å²) in [6.45, 7) is 1.80. The second kappa shape index (κ2) is 10.4. The third-order valence-corrected chi connectivity index (χ3v) is 4.54. The largest absolute Gasteiger partial charge is 0.465 e. The number of nitrogens with one attached hydrogen (secondary N) is 1. The van der Waals surface area contributed by atoms with Crippen molar-refractivity contribution in [1.29, 1.82) is 0 Å². The molecular weight excluding hydrogens is 436 g/mol. The van der Waals surface area contributed by atoms with Gasteiger partial charge in [-0.05, 0) is 42.8 Å². The normalized spacial score (nSPS) is 10.7. The van der Waals surface area contributed by atoms with Gasteiger partial charge in [-0.2, -0.15) is 0 Å². The first kappa shape index (κ1) is 22.8. The van der Waals surface area contributed by atoms with Gasteiger partial charge in [0, 0.05) is 16.7 Å². The summed E-state index contributed by atoms with van der Waals surface area (Å²) in [5.41, 5.74) is 1.86. The van der Waals surface area contributed by atoms with Crippen LogP contribution in [0.4, 0.5) is 5.88 Å². The first-order valence-electron chi connectivity index (χ1n) is 9.53. The molecule has 2 aromatic carbocycles. The lowest BCUT2D eigenvalue weighted by molar-refractivity contribution is -0.112. The number of anilines is 1. The number of aromatic nitrogens is 1. The van der Waals surface area contributed by atoms with Gasteiger partial charge in [0.2, 0.25) is 5.88 Å². The van der Waals surface area contributed by atoms with E-state index < -0.39 is 17.8 Å². The molecule has 164 valence electrons. The molecule has 0 spiro atoms. The fourth-order valence-corrected chi connectivity index (χ4v) is 2.87. The predicted octanol–water partition coefficient (Wildman–Crippen LogP) is 4.61. The zero-order valence-electron chi connectivity index (χ0n) is 17.3. The molecule has 0 unspecified atom stereocenters. The number of esters is 2. The minimum absolute atomic E-state index is 0.00152. The average molecular weight is 455 g/mol. The summed E-state index contributed by atoms with van der Waals surface area (Å²) in [6.07, 6.45) is 2.80. The monoisotopic (exact) mass is 454 g/mol. The smallest absolute Gasteiger partial charge is 0.346 e. The van der Waals surface area contributed by atoms with Crippen molar-refractivity contribution in [2.75, 3.05) is 19.0 Å². The Morgan fingerprint density at radius 2 is 1.75 bits per heavy atom. The van der Waals surface area contributed by atoms with E-state index in [0.29, 0.717) is 21.7 Å². The van der Waals surface area contributed by atoms with Gasteiger partial charge in [0.15, 0.2) is 5.56 Å². The van der Waals surface area contributed by atoms with E-state index >= 15 is 0 Å². The van der Waals surface area contributed by atoms with Crippen LogP contribution in [0, 0.1) is 0 Å². The van der Waals surface area contributed by atoms with E-state index in [9.17, 15) is 14.4 Å². The fourth-order valence-electron chi connectivity index (χ4n) is 2.75. The predicted molar refractivity (Wildman–Crippen MR) is 118 cm³/mol. The van der Waals surface area contributed by atoms with E-state index in [1.807, 2.05) is 0 Å². The molecule has 0 aliphatic rings.